The number of nitrogens with zero attached hydrogens (tertiary/aromatic N) is 2. The smallest absolute Gasteiger partial charge is 0.254 e. The quantitative estimate of drug-likeness (QED) is 0.763. The molecule has 29 heavy (non-hydrogen) atoms. The van der Waals surface area contributed by atoms with E-state index >= 15 is 0 Å². The van der Waals surface area contributed by atoms with E-state index in [1.165, 1.54) is 16.7 Å². The first-order valence-corrected chi connectivity index (χ1v) is 10.5. The van der Waals surface area contributed by atoms with Crippen LogP contribution in [0.4, 0.5) is 0 Å². The van der Waals surface area contributed by atoms with Crippen molar-refractivity contribution in [1.82, 2.24) is 9.80 Å². The summed E-state index contributed by atoms with van der Waals surface area (Å²) in [6.07, 6.45) is 0.862. The van der Waals surface area contributed by atoms with Gasteiger partial charge in [0.2, 0.25) is 5.91 Å². The Morgan fingerprint density at radius 2 is 1.72 bits per heavy atom. The van der Waals surface area contributed by atoms with Gasteiger partial charge in [0.25, 0.3) is 5.91 Å². The van der Waals surface area contributed by atoms with Crippen LogP contribution < -0.4 is 0 Å². The Kier molecular flexibility index (Phi) is 6.11. The lowest BCUT2D eigenvalue weighted by molar-refractivity contribution is -0.134. The largest absolute Gasteiger partial charge is 0.334 e. The van der Waals surface area contributed by atoms with Crippen molar-refractivity contribution in [2.45, 2.75) is 52.5 Å². The molecule has 0 spiro atoms. The summed E-state index contributed by atoms with van der Waals surface area (Å²) in [5.41, 5.74) is 4.38. The molecule has 1 heterocycles. The van der Waals surface area contributed by atoms with E-state index in [1.807, 2.05) is 48.2 Å². The molecule has 2 amide bonds. The van der Waals surface area contributed by atoms with Gasteiger partial charge in [0.1, 0.15) is 6.54 Å². The predicted octanol–water partition coefficient (Wildman–Crippen LogP) is 4.59. The minimum absolute atomic E-state index is 0.00788. The van der Waals surface area contributed by atoms with Crippen LogP contribution in [0.25, 0.3) is 0 Å². The van der Waals surface area contributed by atoms with Crippen molar-refractivity contribution in [2.75, 3.05) is 19.6 Å². The maximum Gasteiger partial charge on any atom is 0.254 e. The lowest BCUT2D eigenvalue weighted by atomic mass is 9.86. The molecule has 154 valence electrons. The molecule has 0 fully saturated rings. The van der Waals surface area contributed by atoms with Crippen LogP contribution >= 0.6 is 0 Å². The molecular weight excluding hydrogens is 360 g/mol. The molecule has 4 heteroatoms. The first-order chi connectivity index (χ1) is 13.7. The van der Waals surface area contributed by atoms with Crippen LogP contribution in [0.2, 0.25) is 0 Å². The molecule has 0 saturated heterocycles. The summed E-state index contributed by atoms with van der Waals surface area (Å²) >= 11 is 0. The van der Waals surface area contributed by atoms with Crippen LogP contribution in [0.3, 0.4) is 0 Å². The molecule has 0 radical (unpaired) electrons. The summed E-state index contributed by atoms with van der Waals surface area (Å²) in [7, 11) is 0. The highest BCUT2D eigenvalue weighted by atomic mass is 16.2. The normalized spacial score (nSPS) is 16.3. The van der Waals surface area contributed by atoms with Crippen molar-refractivity contribution in [2.24, 2.45) is 0 Å². The third kappa shape index (κ3) is 4.52. The molecule has 1 aliphatic rings. The van der Waals surface area contributed by atoms with E-state index in [-0.39, 0.29) is 29.8 Å². The van der Waals surface area contributed by atoms with Crippen LogP contribution in [0.5, 0.6) is 0 Å². The van der Waals surface area contributed by atoms with Gasteiger partial charge in [-0.3, -0.25) is 9.59 Å². The lowest BCUT2D eigenvalue weighted by Crippen LogP contribution is -2.46. The van der Waals surface area contributed by atoms with Gasteiger partial charge in [-0.05, 0) is 54.5 Å². The summed E-state index contributed by atoms with van der Waals surface area (Å²) in [5.74, 6) is -0.0834. The Morgan fingerprint density at radius 3 is 2.34 bits per heavy atom. The second-order valence-corrected chi connectivity index (χ2v) is 8.86. The maximum absolute atomic E-state index is 13.0. The number of rotatable bonds is 4. The number of amides is 2. The molecule has 2 aromatic carbocycles. The van der Waals surface area contributed by atoms with Crippen molar-refractivity contribution in [3.05, 3.63) is 70.8 Å². The fourth-order valence-electron chi connectivity index (χ4n) is 3.99. The van der Waals surface area contributed by atoms with Crippen molar-refractivity contribution >= 4 is 11.8 Å². The van der Waals surface area contributed by atoms with Crippen molar-refractivity contribution in [3.63, 3.8) is 0 Å². The number of likely N-dealkylation sites (N-methyl/N-ethyl adjacent to an activating group) is 1. The highest BCUT2D eigenvalue weighted by Crippen LogP contribution is 2.29. The molecule has 1 aliphatic heterocycles. The molecule has 0 N–H and O–H groups in total. The lowest BCUT2D eigenvalue weighted by Gasteiger charge is -2.36. The summed E-state index contributed by atoms with van der Waals surface area (Å²) in [5, 5.41) is 0. The standard InChI is InChI=1S/C25H32N2O2/c1-6-26(24(29)20-11-13-21(14-12-20)25(3,4)5)17-23(28)27-16-15-19-9-7-8-10-22(19)18(27)2/h7-14,18H,6,15-17H2,1-5H3. The zero-order chi connectivity index (χ0) is 21.2. The van der Waals surface area contributed by atoms with Crippen molar-refractivity contribution < 1.29 is 9.59 Å². The summed E-state index contributed by atoms with van der Waals surface area (Å²) in [6.45, 7) is 11.8. The molecule has 1 atom stereocenters. The van der Waals surface area contributed by atoms with Crippen LogP contribution in [0.1, 0.15) is 67.7 Å². The van der Waals surface area contributed by atoms with Crippen molar-refractivity contribution in [3.8, 4) is 0 Å². The molecule has 1 unspecified atom stereocenters. The van der Waals surface area contributed by atoms with Gasteiger partial charge in [0, 0.05) is 18.7 Å². The van der Waals surface area contributed by atoms with Crippen LogP contribution in [-0.2, 0) is 16.6 Å². The van der Waals surface area contributed by atoms with E-state index in [0.717, 1.165) is 6.42 Å². The molecule has 0 aliphatic carbocycles. The zero-order valence-electron chi connectivity index (χ0n) is 18.2. The highest BCUT2D eigenvalue weighted by molar-refractivity contribution is 5.96. The molecule has 2 aromatic rings. The van der Waals surface area contributed by atoms with E-state index in [2.05, 4.69) is 39.8 Å². The average Bonchev–Trinajstić information content (AvgIpc) is 2.71. The van der Waals surface area contributed by atoms with Gasteiger partial charge in [0.05, 0.1) is 6.04 Å². The zero-order valence-corrected chi connectivity index (χ0v) is 18.2. The number of carbonyl (C=O) groups is 2. The molecule has 0 aromatic heterocycles. The number of fused-ring (bicyclic) bond motifs is 1. The minimum Gasteiger partial charge on any atom is -0.334 e. The maximum atomic E-state index is 13.0. The Balaban J connectivity index is 1.71. The summed E-state index contributed by atoms with van der Waals surface area (Å²) in [6, 6.07) is 16.1. The first-order valence-electron chi connectivity index (χ1n) is 10.5. The van der Waals surface area contributed by atoms with E-state index in [4.69, 9.17) is 0 Å². The van der Waals surface area contributed by atoms with Gasteiger partial charge in [-0.2, -0.15) is 0 Å². The van der Waals surface area contributed by atoms with Gasteiger partial charge in [-0.25, -0.2) is 0 Å². The molecular formula is C25H32N2O2. The van der Waals surface area contributed by atoms with Crippen LogP contribution in [0.15, 0.2) is 48.5 Å². The van der Waals surface area contributed by atoms with E-state index in [9.17, 15) is 9.59 Å². The number of hydrogen-bond acceptors (Lipinski definition) is 2. The SMILES string of the molecule is CCN(CC(=O)N1CCc2ccccc2C1C)C(=O)c1ccc(C(C)(C)C)cc1. The Labute approximate surface area is 174 Å². The van der Waals surface area contributed by atoms with E-state index in [1.54, 1.807) is 4.90 Å². The second-order valence-electron chi connectivity index (χ2n) is 8.86. The fraction of sp³-hybridized carbons (Fsp3) is 0.440. The molecule has 4 nitrogen and oxygen atoms in total. The van der Waals surface area contributed by atoms with Gasteiger partial charge in [-0.1, -0.05) is 57.2 Å². The average molecular weight is 393 g/mol. The third-order valence-corrected chi connectivity index (χ3v) is 5.91. The van der Waals surface area contributed by atoms with E-state index in [0.29, 0.717) is 18.7 Å². The minimum atomic E-state index is -0.0913. The van der Waals surface area contributed by atoms with Gasteiger partial charge < -0.3 is 9.80 Å². The van der Waals surface area contributed by atoms with Gasteiger partial charge in [-0.15, -0.1) is 0 Å². The van der Waals surface area contributed by atoms with Gasteiger partial charge >= 0.3 is 0 Å². The third-order valence-electron chi connectivity index (χ3n) is 5.91. The molecule has 0 saturated carbocycles. The topological polar surface area (TPSA) is 40.6 Å². The Morgan fingerprint density at radius 1 is 1.07 bits per heavy atom. The molecule has 0 bridgehead atoms. The van der Waals surface area contributed by atoms with Crippen LogP contribution in [0, 0.1) is 0 Å². The second kappa shape index (κ2) is 8.40. The number of hydrogen-bond donors (Lipinski definition) is 0. The van der Waals surface area contributed by atoms with E-state index < -0.39 is 0 Å². The fourth-order valence-corrected chi connectivity index (χ4v) is 3.99. The highest BCUT2D eigenvalue weighted by Gasteiger charge is 2.29. The number of carbonyl (C=O) groups excluding carboxylic acids is 2. The molecule has 3 rings (SSSR count). The summed E-state index contributed by atoms with van der Waals surface area (Å²) < 4.78 is 0. The van der Waals surface area contributed by atoms with Crippen LogP contribution in [-0.4, -0.2) is 41.2 Å². The predicted molar refractivity (Wildman–Crippen MR) is 117 cm³/mol. The van der Waals surface area contributed by atoms with Gasteiger partial charge in [0.15, 0.2) is 0 Å². The Hall–Kier alpha value is -2.62. The first kappa shape index (κ1) is 21.1. The Bertz CT molecular complexity index is 880. The van der Waals surface area contributed by atoms with Crippen molar-refractivity contribution in [1.29, 1.82) is 0 Å². The number of benzene rings is 2. The monoisotopic (exact) mass is 392 g/mol. The summed E-state index contributed by atoms with van der Waals surface area (Å²) in [4.78, 5) is 29.6.